The van der Waals surface area contributed by atoms with E-state index in [-0.39, 0.29) is 11.4 Å². The quantitative estimate of drug-likeness (QED) is 0.278. The number of hydrogen-bond donors (Lipinski definition) is 3. The van der Waals surface area contributed by atoms with Gasteiger partial charge >= 0.3 is 0 Å². The van der Waals surface area contributed by atoms with Gasteiger partial charge in [0.05, 0.1) is 27.4 Å². The summed E-state index contributed by atoms with van der Waals surface area (Å²) in [6.45, 7) is 0. The minimum absolute atomic E-state index is 0.0305. The smallest absolute Gasteiger partial charge is 0.274 e. The molecule has 0 saturated heterocycles. The van der Waals surface area contributed by atoms with Gasteiger partial charge in [0.1, 0.15) is 11.3 Å². The van der Waals surface area contributed by atoms with Crippen LogP contribution in [0.3, 0.4) is 0 Å². The van der Waals surface area contributed by atoms with Crippen molar-refractivity contribution in [1.29, 1.82) is 0 Å². The number of fused-ring (bicyclic) bond motifs is 1. The summed E-state index contributed by atoms with van der Waals surface area (Å²) >= 11 is 3.92. The van der Waals surface area contributed by atoms with E-state index in [4.69, 9.17) is 0 Å². The average Bonchev–Trinajstić information content (AvgIpc) is 2.40. The maximum atomic E-state index is 11.8. The molecule has 0 spiro atoms. The standard InChI is InChI=1S/C10H8I2N4O2/c11-4-14-10(18)7-8(17)6-5(2-1-3-13-6)9(15-7)16-12/h1-3,17H,4H2,(H,14,18)(H,15,16). The molecule has 2 heterocycles. The van der Waals surface area contributed by atoms with Gasteiger partial charge in [0.2, 0.25) is 0 Å². The zero-order chi connectivity index (χ0) is 13.1. The van der Waals surface area contributed by atoms with Gasteiger partial charge in [-0.1, -0.05) is 22.6 Å². The summed E-state index contributed by atoms with van der Waals surface area (Å²) in [6.07, 6.45) is 1.55. The number of carbonyl (C=O) groups is 1. The van der Waals surface area contributed by atoms with Crippen molar-refractivity contribution in [2.45, 2.75) is 0 Å². The number of hydrogen-bond acceptors (Lipinski definition) is 5. The Balaban J connectivity index is 2.69. The number of aromatic nitrogens is 2. The second-order valence-electron chi connectivity index (χ2n) is 3.29. The zero-order valence-corrected chi connectivity index (χ0v) is 13.3. The molecule has 0 saturated carbocycles. The third kappa shape index (κ3) is 2.43. The van der Waals surface area contributed by atoms with Crippen LogP contribution < -0.4 is 8.85 Å². The SMILES string of the molecule is O=C(NCI)c1nc(NI)c2cccnc2c1O. The van der Waals surface area contributed by atoms with Gasteiger partial charge in [0, 0.05) is 11.6 Å². The van der Waals surface area contributed by atoms with E-state index in [0.29, 0.717) is 21.3 Å². The molecule has 0 aliphatic heterocycles. The maximum Gasteiger partial charge on any atom is 0.274 e. The van der Waals surface area contributed by atoms with Crippen molar-refractivity contribution in [3.8, 4) is 5.75 Å². The molecule has 2 aromatic rings. The molecule has 0 atom stereocenters. The van der Waals surface area contributed by atoms with Crippen molar-refractivity contribution in [2.75, 3.05) is 8.08 Å². The highest BCUT2D eigenvalue weighted by molar-refractivity contribution is 14.1. The maximum absolute atomic E-state index is 11.8. The van der Waals surface area contributed by atoms with Crippen LogP contribution in [0.15, 0.2) is 18.3 Å². The van der Waals surface area contributed by atoms with Crippen LogP contribution in [0.5, 0.6) is 5.75 Å². The number of nitrogens with zero attached hydrogens (tertiary/aromatic N) is 2. The van der Waals surface area contributed by atoms with Gasteiger partial charge in [-0.25, -0.2) is 4.98 Å². The molecule has 2 aromatic heterocycles. The van der Waals surface area contributed by atoms with E-state index in [9.17, 15) is 9.90 Å². The Bertz CT molecular complexity index is 606. The van der Waals surface area contributed by atoms with Crippen LogP contribution in [-0.2, 0) is 0 Å². The van der Waals surface area contributed by atoms with Crippen molar-refractivity contribution in [2.24, 2.45) is 0 Å². The molecule has 0 fully saturated rings. The van der Waals surface area contributed by atoms with E-state index in [1.807, 2.05) is 45.5 Å². The molecule has 0 radical (unpaired) electrons. The molecule has 0 aliphatic carbocycles. The fourth-order valence-electron chi connectivity index (χ4n) is 1.50. The molecule has 3 N–H and O–H groups in total. The topological polar surface area (TPSA) is 87.1 Å². The van der Waals surface area contributed by atoms with Crippen molar-refractivity contribution in [3.63, 3.8) is 0 Å². The lowest BCUT2D eigenvalue weighted by Crippen LogP contribution is -2.23. The third-order valence-corrected chi connectivity index (χ3v) is 3.16. The first-order valence-electron chi connectivity index (χ1n) is 4.87. The summed E-state index contributed by atoms with van der Waals surface area (Å²) in [4.78, 5) is 20.0. The van der Waals surface area contributed by atoms with Crippen molar-refractivity contribution in [1.82, 2.24) is 15.3 Å². The average molecular weight is 470 g/mol. The van der Waals surface area contributed by atoms with Crippen LogP contribution in [0.1, 0.15) is 10.5 Å². The third-order valence-electron chi connectivity index (χ3n) is 2.27. The Morgan fingerprint density at radius 2 is 2.28 bits per heavy atom. The first-order chi connectivity index (χ1) is 8.69. The Morgan fingerprint density at radius 1 is 1.50 bits per heavy atom. The highest BCUT2D eigenvalue weighted by atomic mass is 127. The molecule has 0 bridgehead atoms. The minimum Gasteiger partial charge on any atom is -0.504 e. The Labute approximate surface area is 130 Å². The van der Waals surface area contributed by atoms with E-state index in [1.54, 1.807) is 18.3 Å². The molecular weight excluding hydrogens is 462 g/mol. The molecule has 94 valence electrons. The van der Waals surface area contributed by atoms with Gasteiger partial charge in [0.25, 0.3) is 5.91 Å². The lowest BCUT2D eigenvalue weighted by atomic mass is 10.2. The number of anilines is 1. The first kappa shape index (κ1) is 13.5. The van der Waals surface area contributed by atoms with Crippen molar-refractivity contribution in [3.05, 3.63) is 24.0 Å². The van der Waals surface area contributed by atoms with Gasteiger partial charge in [-0.15, -0.1) is 0 Å². The summed E-state index contributed by atoms with van der Waals surface area (Å²) in [6, 6.07) is 3.52. The lowest BCUT2D eigenvalue weighted by molar-refractivity contribution is 0.0954. The van der Waals surface area contributed by atoms with Crippen LogP contribution >= 0.6 is 45.5 Å². The van der Waals surface area contributed by atoms with Gasteiger partial charge in [0.15, 0.2) is 11.4 Å². The molecular formula is C10H8I2N4O2. The number of rotatable bonds is 3. The molecule has 8 heteroatoms. The number of nitrogens with one attached hydrogen (secondary N) is 2. The Kier molecular flexibility index (Phi) is 4.37. The molecule has 0 unspecified atom stereocenters. The van der Waals surface area contributed by atoms with E-state index < -0.39 is 5.91 Å². The van der Waals surface area contributed by atoms with E-state index >= 15 is 0 Å². The van der Waals surface area contributed by atoms with Crippen LogP contribution in [0, 0.1) is 0 Å². The number of pyridine rings is 2. The largest absolute Gasteiger partial charge is 0.504 e. The number of alkyl halides is 1. The Morgan fingerprint density at radius 3 is 2.94 bits per heavy atom. The summed E-state index contributed by atoms with van der Waals surface area (Å²) in [7, 11) is 0. The highest BCUT2D eigenvalue weighted by Gasteiger charge is 2.19. The van der Waals surface area contributed by atoms with Crippen molar-refractivity contribution < 1.29 is 9.90 Å². The predicted molar refractivity (Wildman–Crippen MR) is 85.2 cm³/mol. The number of aromatic hydroxyl groups is 1. The number of halogens is 2. The minimum atomic E-state index is -0.428. The lowest BCUT2D eigenvalue weighted by Gasteiger charge is -2.09. The van der Waals surface area contributed by atoms with E-state index in [1.165, 1.54) is 0 Å². The molecule has 6 nitrogen and oxygen atoms in total. The summed E-state index contributed by atoms with van der Waals surface area (Å²) in [5.41, 5.74) is 0.322. The number of amides is 1. The molecule has 18 heavy (non-hydrogen) atoms. The van der Waals surface area contributed by atoms with Gasteiger partial charge < -0.3 is 14.0 Å². The van der Waals surface area contributed by atoms with Crippen molar-refractivity contribution >= 4 is 68.1 Å². The predicted octanol–water partition coefficient (Wildman–Crippen LogP) is 2.22. The summed E-state index contributed by atoms with van der Waals surface area (Å²) in [5, 5.41) is 13.3. The summed E-state index contributed by atoms with van der Waals surface area (Å²) in [5.74, 6) is -0.138. The second kappa shape index (κ2) is 5.82. The van der Waals surface area contributed by atoms with Crippen LogP contribution in [-0.4, -0.2) is 25.5 Å². The zero-order valence-electron chi connectivity index (χ0n) is 8.94. The number of carbonyl (C=O) groups excluding carboxylic acids is 1. The van der Waals surface area contributed by atoms with Gasteiger partial charge in [-0.05, 0) is 12.1 Å². The second-order valence-corrected chi connectivity index (χ2v) is 4.59. The fourth-order valence-corrected chi connectivity index (χ4v) is 2.25. The van der Waals surface area contributed by atoms with E-state index in [0.717, 1.165) is 0 Å². The highest BCUT2D eigenvalue weighted by Crippen LogP contribution is 2.30. The first-order valence-corrected chi connectivity index (χ1v) is 7.48. The van der Waals surface area contributed by atoms with E-state index in [2.05, 4.69) is 18.8 Å². The van der Waals surface area contributed by atoms with Gasteiger partial charge in [-0.2, -0.15) is 0 Å². The van der Waals surface area contributed by atoms with Crippen LogP contribution in [0.2, 0.25) is 0 Å². The fraction of sp³-hybridized carbons (Fsp3) is 0.100. The Hall–Kier alpha value is -0.910. The molecule has 0 aliphatic rings. The van der Waals surface area contributed by atoms with Gasteiger partial charge in [-0.3, -0.25) is 9.78 Å². The molecule has 1 amide bonds. The molecule has 2 rings (SSSR count). The molecule has 0 aromatic carbocycles. The van der Waals surface area contributed by atoms with Crippen LogP contribution in [0.25, 0.3) is 10.9 Å². The summed E-state index contributed by atoms with van der Waals surface area (Å²) < 4.78 is 3.30. The monoisotopic (exact) mass is 470 g/mol. The normalized spacial score (nSPS) is 10.3. The van der Waals surface area contributed by atoms with Crippen LogP contribution in [0.4, 0.5) is 5.82 Å².